The van der Waals surface area contributed by atoms with Crippen LogP contribution < -0.4 is 5.56 Å². The third kappa shape index (κ3) is 10.1. The monoisotopic (exact) mass is 729 g/mol. The number of H-pyrrole nitrogens is 1. The smallest absolute Gasteiger partial charge is 0.363 e. The number of aromatic nitrogens is 2. The SMILES string of the molecule is CCN(C)CCS(=O)(=O)c1ccc(N=Nc2c(C(O)O)[nH]n(-c3ccc(S(O)(O)CCOS(=O)(=O)O)cc3)c2=O)c(SOOO)c1. The van der Waals surface area contributed by atoms with Crippen molar-refractivity contribution in [2.24, 2.45) is 10.2 Å². The zero-order valence-electron chi connectivity index (χ0n) is 24.0. The van der Waals surface area contributed by atoms with Crippen molar-refractivity contribution < 1.29 is 59.5 Å². The van der Waals surface area contributed by atoms with Crippen LogP contribution in [0.15, 0.2) is 72.2 Å². The molecule has 7 N–H and O–H groups in total. The van der Waals surface area contributed by atoms with Gasteiger partial charge in [0, 0.05) is 6.54 Å². The molecule has 0 aliphatic rings. The minimum Gasteiger partial charge on any atom is -0.363 e. The van der Waals surface area contributed by atoms with Crippen LogP contribution in [0.2, 0.25) is 0 Å². The molecule has 0 amide bonds. The fraction of sp³-hybridized carbons (Fsp3) is 0.348. The number of nitrogens with one attached hydrogen (secondary N) is 1. The van der Waals surface area contributed by atoms with E-state index in [0.29, 0.717) is 18.6 Å². The number of hydrogen-bond acceptors (Lipinski definition) is 17. The molecule has 0 bridgehead atoms. The van der Waals surface area contributed by atoms with Crippen molar-refractivity contribution in [1.29, 1.82) is 0 Å². The minimum atomic E-state index is -4.79. The molecule has 23 heteroatoms. The third-order valence-corrected chi connectivity index (χ3v) is 10.8. The lowest BCUT2D eigenvalue weighted by molar-refractivity contribution is -0.432. The average Bonchev–Trinajstić information content (AvgIpc) is 3.33. The van der Waals surface area contributed by atoms with Crippen LogP contribution in [0.4, 0.5) is 11.4 Å². The van der Waals surface area contributed by atoms with Crippen LogP contribution >= 0.6 is 22.6 Å². The van der Waals surface area contributed by atoms with Gasteiger partial charge in [0.05, 0.1) is 50.5 Å². The molecule has 2 aromatic carbocycles. The summed E-state index contributed by atoms with van der Waals surface area (Å²) in [6.45, 7) is 2.06. The van der Waals surface area contributed by atoms with Gasteiger partial charge in [-0.2, -0.15) is 19.0 Å². The minimum absolute atomic E-state index is 0.00115. The zero-order chi connectivity index (χ0) is 34.3. The Kier molecular flexibility index (Phi) is 13.0. The summed E-state index contributed by atoms with van der Waals surface area (Å²) in [5.41, 5.74) is -1.93. The molecule has 0 spiro atoms. The summed E-state index contributed by atoms with van der Waals surface area (Å²) < 4.78 is 85.8. The first kappa shape index (κ1) is 37.7. The van der Waals surface area contributed by atoms with Crippen LogP contribution in [0, 0.1) is 0 Å². The number of sulfone groups is 1. The highest BCUT2D eigenvalue weighted by molar-refractivity contribution is 8.24. The summed E-state index contributed by atoms with van der Waals surface area (Å²) in [5.74, 6) is -0.762. The van der Waals surface area contributed by atoms with Gasteiger partial charge in [-0.1, -0.05) is 12.0 Å². The lowest BCUT2D eigenvalue weighted by atomic mass is 10.3. The molecular formula is C23H31N5O14S4. The van der Waals surface area contributed by atoms with Crippen LogP contribution in [0.25, 0.3) is 5.69 Å². The van der Waals surface area contributed by atoms with E-state index in [0.717, 1.165) is 4.68 Å². The lowest BCUT2D eigenvalue weighted by Crippen LogP contribution is -2.25. The summed E-state index contributed by atoms with van der Waals surface area (Å²) in [4.78, 5) is 14.9. The Morgan fingerprint density at radius 3 is 2.24 bits per heavy atom. The van der Waals surface area contributed by atoms with Gasteiger partial charge >= 0.3 is 10.4 Å². The van der Waals surface area contributed by atoms with E-state index in [1.54, 1.807) is 7.05 Å². The molecule has 0 unspecified atom stereocenters. The van der Waals surface area contributed by atoms with Gasteiger partial charge in [-0.3, -0.25) is 23.6 Å². The maximum absolute atomic E-state index is 13.2. The summed E-state index contributed by atoms with van der Waals surface area (Å²) in [5, 5.41) is 42.2. The molecule has 3 aromatic rings. The quantitative estimate of drug-likeness (QED) is 0.0262. The Morgan fingerprint density at radius 1 is 1.00 bits per heavy atom. The van der Waals surface area contributed by atoms with Gasteiger partial charge in [0.25, 0.3) is 5.56 Å². The predicted octanol–water partition coefficient (Wildman–Crippen LogP) is 2.65. The van der Waals surface area contributed by atoms with E-state index in [4.69, 9.17) is 9.81 Å². The Morgan fingerprint density at radius 2 is 1.65 bits per heavy atom. The van der Waals surface area contributed by atoms with Gasteiger partial charge in [0.1, 0.15) is 11.4 Å². The molecule has 1 aromatic heterocycles. The highest BCUT2D eigenvalue weighted by Crippen LogP contribution is 2.47. The van der Waals surface area contributed by atoms with Gasteiger partial charge in [0.2, 0.25) is 0 Å². The van der Waals surface area contributed by atoms with Crippen molar-refractivity contribution in [3.63, 3.8) is 0 Å². The first-order valence-corrected chi connectivity index (χ1v) is 18.3. The highest BCUT2D eigenvalue weighted by atomic mass is 32.3. The number of aliphatic hydroxyl groups is 2. The second-order valence-corrected chi connectivity index (χ2v) is 15.4. The number of aromatic amines is 1. The second-order valence-electron chi connectivity index (χ2n) is 9.27. The first-order valence-electron chi connectivity index (χ1n) is 12.8. The van der Waals surface area contributed by atoms with Gasteiger partial charge in [-0.05, 0) is 56.1 Å². The van der Waals surface area contributed by atoms with Crippen molar-refractivity contribution in [2.45, 2.75) is 27.9 Å². The molecule has 0 aliphatic heterocycles. The number of aliphatic hydroxyl groups excluding tert-OH is 1. The standard InChI is InChI=1S/C23H31N5O14S4/c1-3-27(2)10-12-44(33,34)17-8-9-18(19(14-17)43-42-41-32)24-25-20-21(23(30)31)26-28(22(20)29)15-4-6-16(7-5-15)45(35,36)13-11-40-46(37,38)39/h4-9,14,23,26,30-32,35-36H,3,10-13H2,1-2H3,(H,37,38,39). The van der Waals surface area contributed by atoms with Gasteiger partial charge in [-0.25, -0.2) is 22.5 Å². The fourth-order valence-electron chi connectivity index (χ4n) is 3.64. The third-order valence-electron chi connectivity index (χ3n) is 6.21. The number of azo groups is 1. The van der Waals surface area contributed by atoms with Gasteiger partial charge < -0.3 is 15.1 Å². The van der Waals surface area contributed by atoms with E-state index >= 15 is 0 Å². The van der Waals surface area contributed by atoms with E-state index < -0.39 is 66.4 Å². The summed E-state index contributed by atoms with van der Waals surface area (Å²) in [7, 11) is -10.3. The van der Waals surface area contributed by atoms with Gasteiger partial charge in [-0.15, -0.1) is 14.6 Å². The van der Waals surface area contributed by atoms with E-state index in [1.165, 1.54) is 42.5 Å². The number of rotatable bonds is 17. The predicted molar refractivity (Wildman–Crippen MR) is 164 cm³/mol. The Bertz CT molecular complexity index is 1790. The first-order chi connectivity index (χ1) is 21.5. The van der Waals surface area contributed by atoms with Crippen LogP contribution in [0.3, 0.4) is 0 Å². The molecule has 256 valence electrons. The van der Waals surface area contributed by atoms with E-state index in [1.807, 2.05) is 11.8 Å². The highest BCUT2D eigenvalue weighted by Gasteiger charge is 2.23. The van der Waals surface area contributed by atoms with E-state index in [2.05, 4.69) is 28.9 Å². The van der Waals surface area contributed by atoms with Crippen LogP contribution in [0.5, 0.6) is 0 Å². The lowest BCUT2D eigenvalue weighted by Gasteiger charge is -2.32. The Labute approximate surface area is 268 Å². The normalized spacial score (nSPS) is 13.3. The average molecular weight is 730 g/mol. The molecule has 46 heavy (non-hydrogen) atoms. The molecule has 1 heterocycles. The summed E-state index contributed by atoms with van der Waals surface area (Å²) >= 11 is 0.388. The molecule has 0 aliphatic carbocycles. The zero-order valence-corrected chi connectivity index (χ0v) is 27.3. The fourth-order valence-corrected chi connectivity index (χ4v) is 7.07. The largest absolute Gasteiger partial charge is 0.397 e. The molecule has 3 rings (SSSR count). The molecular weight excluding hydrogens is 699 g/mol. The van der Waals surface area contributed by atoms with Crippen molar-refractivity contribution in [3.8, 4) is 5.69 Å². The maximum Gasteiger partial charge on any atom is 0.397 e. The molecule has 19 nitrogen and oxygen atoms in total. The van der Waals surface area contributed by atoms with Crippen LogP contribution in [-0.2, 0) is 33.8 Å². The van der Waals surface area contributed by atoms with Gasteiger partial charge in [0.15, 0.2) is 21.8 Å². The van der Waals surface area contributed by atoms with Crippen molar-refractivity contribution in [1.82, 2.24) is 14.7 Å². The molecule has 0 radical (unpaired) electrons. The summed E-state index contributed by atoms with van der Waals surface area (Å²) in [6.07, 6.45) is -2.23. The molecule has 0 atom stereocenters. The Balaban J connectivity index is 1.94. The van der Waals surface area contributed by atoms with E-state index in [9.17, 15) is 40.9 Å². The number of nitrogens with zero attached hydrogens (tertiary/aromatic N) is 4. The Hall–Kier alpha value is -2.75. The van der Waals surface area contributed by atoms with Crippen LogP contribution in [-0.4, -0.2) is 98.9 Å². The van der Waals surface area contributed by atoms with Crippen molar-refractivity contribution in [3.05, 3.63) is 58.5 Å². The second kappa shape index (κ2) is 15.9. The van der Waals surface area contributed by atoms with E-state index in [-0.39, 0.29) is 38.4 Å². The topological polar surface area (TPSA) is 283 Å². The number of hydrogen-bond donors (Lipinski definition) is 7. The molecule has 0 saturated heterocycles. The summed E-state index contributed by atoms with van der Waals surface area (Å²) in [6, 6.07) is 8.64. The van der Waals surface area contributed by atoms with Crippen LogP contribution in [0.1, 0.15) is 18.9 Å². The molecule has 0 saturated carbocycles. The van der Waals surface area contributed by atoms with Crippen molar-refractivity contribution >= 4 is 54.2 Å². The number of benzene rings is 2. The van der Waals surface area contributed by atoms with Crippen molar-refractivity contribution in [2.75, 3.05) is 38.2 Å². The maximum atomic E-state index is 13.2. The molecule has 0 fully saturated rings.